The van der Waals surface area contributed by atoms with Crippen LogP contribution in [0.15, 0.2) is 24.3 Å². The molecule has 3 rings (SSSR count). The third-order valence-electron chi connectivity index (χ3n) is 4.08. The zero-order chi connectivity index (χ0) is 19.4. The number of benzene rings is 1. The van der Waals surface area contributed by atoms with E-state index in [9.17, 15) is 14.9 Å². The molecule has 0 aliphatic heterocycles. The minimum absolute atomic E-state index is 0.0448. The summed E-state index contributed by atoms with van der Waals surface area (Å²) in [5.41, 5.74) is 1.91. The van der Waals surface area contributed by atoms with Gasteiger partial charge in [-0.15, -0.1) is 11.3 Å². The Balaban J connectivity index is 1.55. The van der Waals surface area contributed by atoms with Crippen LogP contribution in [0.5, 0.6) is 5.75 Å². The van der Waals surface area contributed by atoms with Gasteiger partial charge in [0.2, 0.25) is 0 Å². The van der Waals surface area contributed by atoms with Crippen LogP contribution in [0.25, 0.3) is 0 Å². The van der Waals surface area contributed by atoms with E-state index in [1.54, 1.807) is 24.3 Å². The number of carbonyl (C=O) groups is 2. The van der Waals surface area contributed by atoms with Crippen molar-refractivity contribution in [1.29, 1.82) is 5.26 Å². The second-order valence-corrected chi connectivity index (χ2v) is 7.59. The van der Waals surface area contributed by atoms with Crippen molar-refractivity contribution in [2.24, 2.45) is 0 Å². The highest BCUT2D eigenvalue weighted by Gasteiger charge is 2.23. The molecule has 1 aliphatic carbocycles. The van der Waals surface area contributed by atoms with Crippen LogP contribution in [0.1, 0.15) is 46.6 Å². The fourth-order valence-corrected chi connectivity index (χ4v) is 4.19. The van der Waals surface area contributed by atoms with Gasteiger partial charge in [0.05, 0.1) is 17.2 Å². The van der Waals surface area contributed by atoms with Gasteiger partial charge in [0.15, 0.2) is 6.61 Å². The number of anilines is 1. The summed E-state index contributed by atoms with van der Waals surface area (Å²) in [6, 6.07) is 8.72. The number of esters is 1. The number of nitrogens with zero attached hydrogens (tertiary/aromatic N) is 1. The molecule has 0 atom stereocenters. The SMILES string of the molecule is CC(C)Oc1ccc(C(=O)OCC(=O)Nc2sc3c(c2C#N)CCC3)cc1. The molecular formula is C20H20N2O4S. The summed E-state index contributed by atoms with van der Waals surface area (Å²) in [4.78, 5) is 25.3. The highest BCUT2D eigenvalue weighted by atomic mass is 32.1. The second kappa shape index (κ2) is 8.23. The first-order valence-electron chi connectivity index (χ1n) is 8.76. The van der Waals surface area contributed by atoms with Crippen LogP contribution in [0.3, 0.4) is 0 Å². The zero-order valence-corrected chi connectivity index (χ0v) is 16.0. The Morgan fingerprint density at radius 1 is 1.26 bits per heavy atom. The molecule has 1 N–H and O–H groups in total. The van der Waals surface area contributed by atoms with Gasteiger partial charge in [-0.05, 0) is 62.9 Å². The summed E-state index contributed by atoms with van der Waals surface area (Å²) >= 11 is 1.43. The minimum atomic E-state index is -0.588. The van der Waals surface area contributed by atoms with E-state index in [1.165, 1.54) is 11.3 Å². The average molecular weight is 384 g/mol. The first-order valence-corrected chi connectivity index (χ1v) is 9.58. The average Bonchev–Trinajstić information content (AvgIpc) is 3.20. The van der Waals surface area contributed by atoms with Gasteiger partial charge in [0.25, 0.3) is 5.91 Å². The van der Waals surface area contributed by atoms with Crippen molar-refractivity contribution < 1.29 is 19.1 Å². The Kier molecular flexibility index (Phi) is 5.77. The Morgan fingerprint density at radius 2 is 2.00 bits per heavy atom. The third kappa shape index (κ3) is 4.47. The predicted molar refractivity (Wildman–Crippen MR) is 102 cm³/mol. The molecule has 6 nitrogen and oxygen atoms in total. The van der Waals surface area contributed by atoms with E-state index in [0.717, 1.165) is 29.7 Å². The van der Waals surface area contributed by atoms with Crippen LogP contribution in [-0.2, 0) is 22.4 Å². The van der Waals surface area contributed by atoms with Gasteiger partial charge < -0.3 is 14.8 Å². The summed E-state index contributed by atoms with van der Waals surface area (Å²) in [6.07, 6.45) is 2.90. The molecule has 1 amide bonds. The molecule has 140 valence electrons. The maximum atomic E-state index is 12.1. The number of fused-ring (bicyclic) bond motifs is 1. The molecule has 0 saturated heterocycles. The number of thiophene rings is 1. The van der Waals surface area contributed by atoms with Crippen LogP contribution < -0.4 is 10.1 Å². The van der Waals surface area contributed by atoms with Gasteiger partial charge >= 0.3 is 5.97 Å². The first-order chi connectivity index (χ1) is 13.0. The summed E-state index contributed by atoms with van der Waals surface area (Å²) in [5, 5.41) is 12.6. The van der Waals surface area contributed by atoms with E-state index in [2.05, 4.69) is 11.4 Å². The standard InChI is InChI=1S/C20H20N2O4S/c1-12(2)26-14-8-6-13(7-9-14)20(24)25-11-18(23)22-19-16(10-21)15-4-3-5-17(15)27-19/h6-9,12H,3-5,11H2,1-2H3,(H,22,23). The monoisotopic (exact) mass is 384 g/mol. The number of hydrogen-bond donors (Lipinski definition) is 1. The minimum Gasteiger partial charge on any atom is -0.491 e. The fourth-order valence-electron chi connectivity index (χ4n) is 2.93. The Bertz CT molecular complexity index is 894. The van der Waals surface area contributed by atoms with E-state index in [4.69, 9.17) is 9.47 Å². The van der Waals surface area contributed by atoms with Crippen LogP contribution in [0, 0.1) is 11.3 Å². The molecular weight excluding hydrogens is 364 g/mol. The van der Waals surface area contributed by atoms with E-state index >= 15 is 0 Å². The number of ether oxygens (including phenoxy) is 2. The highest BCUT2D eigenvalue weighted by molar-refractivity contribution is 7.16. The quantitative estimate of drug-likeness (QED) is 0.768. The molecule has 0 radical (unpaired) electrons. The molecule has 0 saturated carbocycles. The number of nitriles is 1. The topological polar surface area (TPSA) is 88.4 Å². The molecule has 7 heteroatoms. The van der Waals surface area contributed by atoms with Gasteiger partial charge in [0, 0.05) is 4.88 Å². The van der Waals surface area contributed by atoms with Crippen LogP contribution in [0.4, 0.5) is 5.00 Å². The lowest BCUT2D eigenvalue weighted by molar-refractivity contribution is -0.119. The van der Waals surface area contributed by atoms with E-state index < -0.39 is 18.5 Å². The van der Waals surface area contributed by atoms with Crippen molar-refractivity contribution >= 4 is 28.2 Å². The smallest absolute Gasteiger partial charge is 0.338 e. The normalized spacial score (nSPS) is 12.4. The number of carbonyl (C=O) groups excluding carboxylic acids is 2. The largest absolute Gasteiger partial charge is 0.491 e. The summed E-state index contributed by atoms with van der Waals surface area (Å²) in [5.74, 6) is -0.385. The van der Waals surface area contributed by atoms with Crippen LogP contribution in [-0.4, -0.2) is 24.6 Å². The molecule has 0 spiro atoms. The Labute approximate surface area is 161 Å². The number of hydrogen-bond acceptors (Lipinski definition) is 6. The molecule has 27 heavy (non-hydrogen) atoms. The third-order valence-corrected chi connectivity index (χ3v) is 5.29. The van der Waals surface area contributed by atoms with Gasteiger partial charge in [-0.1, -0.05) is 0 Å². The van der Waals surface area contributed by atoms with Gasteiger partial charge in [0.1, 0.15) is 16.8 Å². The number of nitrogens with one attached hydrogen (secondary N) is 1. The van der Waals surface area contributed by atoms with E-state index in [1.807, 2.05) is 13.8 Å². The summed E-state index contributed by atoms with van der Waals surface area (Å²) in [7, 11) is 0. The van der Waals surface area contributed by atoms with E-state index in [-0.39, 0.29) is 6.10 Å². The van der Waals surface area contributed by atoms with Gasteiger partial charge in [-0.25, -0.2) is 4.79 Å². The first kappa shape index (κ1) is 18.9. The van der Waals surface area contributed by atoms with Crippen molar-refractivity contribution in [3.8, 4) is 11.8 Å². The molecule has 0 unspecified atom stereocenters. The van der Waals surface area contributed by atoms with Crippen LogP contribution in [0.2, 0.25) is 0 Å². The highest BCUT2D eigenvalue weighted by Crippen LogP contribution is 2.38. The van der Waals surface area contributed by atoms with Crippen molar-refractivity contribution in [2.45, 2.75) is 39.2 Å². The van der Waals surface area contributed by atoms with Crippen molar-refractivity contribution in [3.63, 3.8) is 0 Å². The molecule has 1 heterocycles. The molecule has 1 aromatic heterocycles. The summed E-state index contributed by atoms with van der Waals surface area (Å²) < 4.78 is 10.6. The number of aryl methyl sites for hydroxylation is 1. The Morgan fingerprint density at radius 3 is 2.67 bits per heavy atom. The van der Waals surface area contributed by atoms with Crippen molar-refractivity contribution in [3.05, 3.63) is 45.8 Å². The lowest BCUT2D eigenvalue weighted by Crippen LogP contribution is -2.21. The van der Waals surface area contributed by atoms with Crippen molar-refractivity contribution in [2.75, 3.05) is 11.9 Å². The van der Waals surface area contributed by atoms with Crippen LogP contribution >= 0.6 is 11.3 Å². The second-order valence-electron chi connectivity index (χ2n) is 6.49. The lowest BCUT2D eigenvalue weighted by atomic mass is 10.1. The maximum absolute atomic E-state index is 12.1. The lowest BCUT2D eigenvalue weighted by Gasteiger charge is -2.10. The molecule has 0 fully saturated rings. The predicted octanol–water partition coefficient (Wildman–Crippen LogP) is 3.69. The molecule has 1 aliphatic rings. The zero-order valence-electron chi connectivity index (χ0n) is 15.2. The molecule has 2 aromatic rings. The molecule has 0 bridgehead atoms. The maximum Gasteiger partial charge on any atom is 0.338 e. The number of amides is 1. The Hall–Kier alpha value is -2.85. The molecule has 1 aromatic carbocycles. The number of rotatable bonds is 6. The summed E-state index contributed by atoms with van der Waals surface area (Å²) in [6.45, 7) is 3.43. The van der Waals surface area contributed by atoms with E-state index in [0.29, 0.717) is 21.9 Å². The van der Waals surface area contributed by atoms with Gasteiger partial charge in [-0.2, -0.15) is 5.26 Å². The fraction of sp³-hybridized carbons (Fsp3) is 0.350. The van der Waals surface area contributed by atoms with Crippen molar-refractivity contribution in [1.82, 2.24) is 0 Å². The van der Waals surface area contributed by atoms with Gasteiger partial charge in [-0.3, -0.25) is 4.79 Å².